The van der Waals surface area contributed by atoms with E-state index in [-0.39, 0.29) is 18.7 Å². The molecule has 1 saturated heterocycles. The predicted octanol–water partition coefficient (Wildman–Crippen LogP) is 1.43. The van der Waals surface area contributed by atoms with Crippen molar-refractivity contribution < 1.29 is 28.5 Å². The second-order valence-electron chi connectivity index (χ2n) is 4.37. The maximum atomic E-state index is 11.3. The predicted molar refractivity (Wildman–Crippen MR) is 63.4 cm³/mol. The molecule has 1 aromatic rings. The number of fused-ring (bicyclic) bond motifs is 3. The number of methoxy groups -OCH3 is 2. The van der Waals surface area contributed by atoms with E-state index in [4.69, 9.17) is 23.7 Å². The van der Waals surface area contributed by atoms with Gasteiger partial charge in [0, 0.05) is 24.8 Å². The second-order valence-corrected chi connectivity index (χ2v) is 4.37. The van der Waals surface area contributed by atoms with Gasteiger partial charge in [0.2, 0.25) is 0 Å². The molecular formula is C13H14O6. The van der Waals surface area contributed by atoms with Crippen molar-refractivity contribution in [2.75, 3.05) is 21.0 Å². The highest BCUT2D eigenvalue weighted by molar-refractivity contribution is 5.75. The van der Waals surface area contributed by atoms with Crippen molar-refractivity contribution in [3.63, 3.8) is 0 Å². The van der Waals surface area contributed by atoms with Crippen LogP contribution in [0.15, 0.2) is 12.1 Å². The van der Waals surface area contributed by atoms with Gasteiger partial charge in [-0.15, -0.1) is 0 Å². The van der Waals surface area contributed by atoms with Gasteiger partial charge in [0.25, 0.3) is 6.29 Å². The molecule has 2 heterocycles. The maximum Gasteiger partial charge on any atom is 0.309 e. The molecule has 19 heavy (non-hydrogen) atoms. The van der Waals surface area contributed by atoms with E-state index in [1.807, 2.05) is 0 Å². The first-order chi connectivity index (χ1) is 9.22. The van der Waals surface area contributed by atoms with Gasteiger partial charge < -0.3 is 23.7 Å². The molecule has 102 valence electrons. The van der Waals surface area contributed by atoms with Crippen molar-refractivity contribution >= 4 is 5.97 Å². The van der Waals surface area contributed by atoms with Crippen LogP contribution in [0.5, 0.6) is 17.2 Å². The van der Waals surface area contributed by atoms with Gasteiger partial charge in [-0.3, -0.25) is 4.79 Å². The van der Waals surface area contributed by atoms with Crippen LogP contribution in [0.3, 0.4) is 0 Å². The summed E-state index contributed by atoms with van der Waals surface area (Å²) in [4.78, 5) is 11.3. The first-order valence-electron chi connectivity index (χ1n) is 5.92. The van der Waals surface area contributed by atoms with Gasteiger partial charge in [-0.2, -0.15) is 0 Å². The highest BCUT2D eigenvalue weighted by atomic mass is 16.7. The number of hydrogen-bond donors (Lipinski definition) is 0. The Morgan fingerprint density at radius 2 is 2.16 bits per heavy atom. The lowest BCUT2D eigenvalue weighted by Gasteiger charge is -2.12. The van der Waals surface area contributed by atoms with E-state index in [2.05, 4.69) is 0 Å². The van der Waals surface area contributed by atoms with E-state index >= 15 is 0 Å². The van der Waals surface area contributed by atoms with Crippen molar-refractivity contribution in [2.45, 2.75) is 18.6 Å². The first kappa shape index (κ1) is 12.1. The Morgan fingerprint density at radius 3 is 2.89 bits per heavy atom. The van der Waals surface area contributed by atoms with Crippen LogP contribution in [0.2, 0.25) is 0 Å². The molecule has 0 radical (unpaired) electrons. The average Bonchev–Trinajstić information content (AvgIpc) is 2.90. The van der Waals surface area contributed by atoms with Crippen molar-refractivity contribution in [3.05, 3.63) is 17.7 Å². The zero-order valence-electron chi connectivity index (χ0n) is 10.7. The van der Waals surface area contributed by atoms with E-state index in [0.29, 0.717) is 23.7 Å². The van der Waals surface area contributed by atoms with Gasteiger partial charge in [0.15, 0.2) is 6.79 Å². The lowest BCUT2D eigenvalue weighted by molar-refractivity contribution is -0.150. The molecule has 0 saturated carbocycles. The summed E-state index contributed by atoms with van der Waals surface area (Å²) in [6.07, 6.45) is -0.257. The molecule has 2 atom stereocenters. The number of ether oxygens (including phenoxy) is 5. The van der Waals surface area contributed by atoms with E-state index in [9.17, 15) is 4.79 Å². The molecule has 2 unspecified atom stereocenters. The van der Waals surface area contributed by atoms with Gasteiger partial charge in [-0.05, 0) is 0 Å². The van der Waals surface area contributed by atoms with Gasteiger partial charge >= 0.3 is 5.97 Å². The molecule has 0 N–H and O–H groups in total. The van der Waals surface area contributed by atoms with E-state index in [1.165, 1.54) is 0 Å². The van der Waals surface area contributed by atoms with Gasteiger partial charge in [0.05, 0.1) is 19.4 Å². The summed E-state index contributed by atoms with van der Waals surface area (Å²) in [6, 6.07) is 3.52. The van der Waals surface area contributed by atoms with Crippen molar-refractivity contribution in [3.8, 4) is 17.2 Å². The molecule has 3 rings (SSSR count). The largest absolute Gasteiger partial charge is 0.496 e. The molecule has 0 amide bonds. The Balaban J connectivity index is 1.99. The summed E-state index contributed by atoms with van der Waals surface area (Å²) in [5, 5.41) is 0. The fraction of sp³-hybridized carbons (Fsp3) is 0.462. The van der Waals surface area contributed by atoms with Crippen LogP contribution >= 0.6 is 0 Å². The molecule has 2 aliphatic heterocycles. The molecular weight excluding hydrogens is 252 g/mol. The van der Waals surface area contributed by atoms with Crippen molar-refractivity contribution in [1.82, 2.24) is 0 Å². The van der Waals surface area contributed by atoms with Crippen LogP contribution in [-0.4, -0.2) is 33.3 Å². The first-order valence-corrected chi connectivity index (χ1v) is 5.92. The summed E-state index contributed by atoms with van der Waals surface area (Å²) >= 11 is 0. The van der Waals surface area contributed by atoms with E-state index < -0.39 is 6.29 Å². The molecule has 1 fully saturated rings. The SMILES string of the molecule is COCOc1cc(OC)cc2c1C1CC(=O)OC1O2. The second kappa shape index (κ2) is 4.62. The Kier molecular flexibility index (Phi) is 2.94. The Labute approximate surface area is 110 Å². The topological polar surface area (TPSA) is 63.2 Å². The minimum absolute atomic E-state index is 0.117. The van der Waals surface area contributed by atoms with Crippen LogP contribution in [0.25, 0.3) is 0 Å². The van der Waals surface area contributed by atoms with Crippen molar-refractivity contribution in [2.24, 2.45) is 0 Å². The monoisotopic (exact) mass is 266 g/mol. The number of carbonyl (C=O) groups excluding carboxylic acids is 1. The average molecular weight is 266 g/mol. The highest BCUT2D eigenvalue weighted by Gasteiger charge is 2.46. The third-order valence-corrected chi connectivity index (χ3v) is 3.22. The Hall–Kier alpha value is -1.95. The summed E-state index contributed by atoms with van der Waals surface area (Å²) in [7, 11) is 3.11. The molecule has 0 aliphatic carbocycles. The normalized spacial score (nSPS) is 23.4. The third kappa shape index (κ3) is 1.98. The fourth-order valence-electron chi connectivity index (χ4n) is 2.40. The van der Waals surface area contributed by atoms with Crippen LogP contribution in [-0.2, 0) is 14.3 Å². The maximum absolute atomic E-state index is 11.3. The Morgan fingerprint density at radius 1 is 1.32 bits per heavy atom. The number of carbonyl (C=O) groups is 1. The molecule has 1 aromatic carbocycles. The van der Waals surface area contributed by atoms with Crippen LogP contribution in [0.1, 0.15) is 17.9 Å². The van der Waals surface area contributed by atoms with Crippen LogP contribution < -0.4 is 14.2 Å². The molecule has 0 spiro atoms. The number of esters is 1. The van der Waals surface area contributed by atoms with E-state index in [1.54, 1.807) is 26.4 Å². The fourth-order valence-corrected chi connectivity index (χ4v) is 2.40. The number of hydrogen-bond acceptors (Lipinski definition) is 6. The summed E-state index contributed by atoms with van der Waals surface area (Å²) < 4.78 is 26.4. The lowest BCUT2D eigenvalue weighted by atomic mass is 9.97. The molecule has 0 aromatic heterocycles. The Bertz CT molecular complexity index is 512. The highest BCUT2D eigenvalue weighted by Crippen LogP contribution is 2.50. The molecule has 0 bridgehead atoms. The molecule has 2 aliphatic rings. The number of rotatable bonds is 4. The zero-order chi connectivity index (χ0) is 13.4. The van der Waals surface area contributed by atoms with Crippen LogP contribution in [0.4, 0.5) is 0 Å². The lowest BCUT2D eigenvalue weighted by Crippen LogP contribution is -2.14. The number of benzene rings is 1. The smallest absolute Gasteiger partial charge is 0.309 e. The molecule has 6 heteroatoms. The summed E-state index contributed by atoms with van der Waals surface area (Å²) in [5.74, 6) is 1.47. The van der Waals surface area contributed by atoms with Gasteiger partial charge in [0.1, 0.15) is 17.2 Å². The van der Waals surface area contributed by atoms with Crippen molar-refractivity contribution in [1.29, 1.82) is 0 Å². The standard InChI is InChI=1S/C13H14O6/c1-15-6-17-9-3-7(16-2)4-10-12(9)8-5-11(14)19-13(8)18-10/h3-4,8,13H,5-6H2,1-2H3. The van der Waals surface area contributed by atoms with Crippen LogP contribution in [0, 0.1) is 0 Å². The zero-order valence-corrected chi connectivity index (χ0v) is 10.7. The third-order valence-electron chi connectivity index (χ3n) is 3.22. The molecule has 6 nitrogen and oxygen atoms in total. The minimum Gasteiger partial charge on any atom is -0.496 e. The van der Waals surface area contributed by atoms with E-state index in [0.717, 1.165) is 5.56 Å². The minimum atomic E-state index is -0.556. The van der Waals surface area contributed by atoms with Gasteiger partial charge in [-0.1, -0.05) is 0 Å². The van der Waals surface area contributed by atoms with Gasteiger partial charge in [-0.25, -0.2) is 0 Å². The summed E-state index contributed by atoms with van der Waals surface area (Å²) in [5.41, 5.74) is 0.841. The summed E-state index contributed by atoms with van der Waals surface area (Å²) in [6.45, 7) is 0.117. The quantitative estimate of drug-likeness (QED) is 0.606.